The zero-order valence-electron chi connectivity index (χ0n) is 11.8. The molecule has 1 saturated heterocycles. The van der Waals surface area contributed by atoms with Gasteiger partial charge in [0.05, 0.1) is 13.2 Å². The Morgan fingerprint density at radius 2 is 2.06 bits per heavy atom. The van der Waals surface area contributed by atoms with E-state index < -0.39 is 0 Å². The fraction of sp³-hybridized carbons (Fsp3) is 0.667. The summed E-state index contributed by atoms with van der Waals surface area (Å²) in [6.45, 7) is 11.6. The summed E-state index contributed by atoms with van der Waals surface area (Å²) >= 11 is 0. The molecule has 3 heteroatoms. The summed E-state index contributed by atoms with van der Waals surface area (Å²) in [5.74, 6) is 0.542. The van der Waals surface area contributed by atoms with Gasteiger partial charge < -0.3 is 4.74 Å². The highest BCUT2D eigenvalue weighted by molar-refractivity contribution is 5.65. The molecular weight excluding hydrogens is 224 g/mol. The van der Waals surface area contributed by atoms with Crippen molar-refractivity contribution < 1.29 is 4.74 Å². The molecule has 0 unspecified atom stereocenters. The van der Waals surface area contributed by atoms with Crippen LogP contribution in [0.3, 0.4) is 0 Å². The highest BCUT2D eigenvalue weighted by atomic mass is 16.5. The molecule has 0 atom stereocenters. The van der Waals surface area contributed by atoms with Crippen molar-refractivity contribution in [1.29, 1.82) is 0 Å². The first-order chi connectivity index (χ1) is 8.68. The highest BCUT2D eigenvalue weighted by Crippen LogP contribution is 2.26. The molecule has 0 amide bonds. The molecule has 2 aliphatic rings. The lowest BCUT2D eigenvalue weighted by Gasteiger charge is -2.28. The third-order valence-electron chi connectivity index (χ3n) is 3.76. The van der Waals surface area contributed by atoms with Gasteiger partial charge in [-0.25, -0.2) is 0 Å². The van der Waals surface area contributed by atoms with E-state index in [4.69, 9.17) is 4.74 Å². The van der Waals surface area contributed by atoms with E-state index >= 15 is 0 Å². The third-order valence-corrected chi connectivity index (χ3v) is 3.76. The van der Waals surface area contributed by atoms with E-state index in [0.717, 1.165) is 39.3 Å². The van der Waals surface area contributed by atoms with Crippen molar-refractivity contribution in [3.63, 3.8) is 0 Å². The van der Waals surface area contributed by atoms with Crippen molar-refractivity contribution in [1.82, 2.24) is 4.90 Å². The average Bonchev–Trinajstić information content (AvgIpc) is 2.54. The average molecular weight is 248 g/mol. The first kappa shape index (κ1) is 13.5. The number of morpholine rings is 1. The molecule has 0 spiro atoms. The summed E-state index contributed by atoms with van der Waals surface area (Å²) in [5.41, 5.74) is 4.33. The van der Waals surface area contributed by atoms with Gasteiger partial charge in [-0.2, -0.15) is 0 Å². The van der Waals surface area contributed by atoms with Gasteiger partial charge in [-0.3, -0.25) is 9.89 Å². The van der Waals surface area contributed by atoms with Crippen LogP contribution in [0.4, 0.5) is 0 Å². The summed E-state index contributed by atoms with van der Waals surface area (Å²) in [4.78, 5) is 6.88. The maximum Gasteiger partial charge on any atom is 0.0594 e. The Morgan fingerprint density at radius 1 is 1.33 bits per heavy atom. The SMILES string of the molecule is CC1=C(CN2CCOCC2)CC=NC=C1C(C)C. The van der Waals surface area contributed by atoms with Gasteiger partial charge in [0.25, 0.3) is 0 Å². The first-order valence-corrected chi connectivity index (χ1v) is 6.89. The van der Waals surface area contributed by atoms with Crippen molar-refractivity contribution in [2.45, 2.75) is 27.2 Å². The molecule has 2 rings (SSSR count). The molecule has 0 aromatic carbocycles. The molecule has 0 aliphatic carbocycles. The normalized spacial score (nSPS) is 22.3. The Bertz CT molecular complexity index is 374. The molecule has 0 aromatic rings. The van der Waals surface area contributed by atoms with Gasteiger partial charge in [-0.15, -0.1) is 0 Å². The van der Waals surface area contributed by atoms with Crippen molar-refractivity contribution in [2.75, 3.05) is 32.8 Å². The topological polar surface area (TPSA) is 24.8 Å². The van der Waals surface area contributed by atoms with Gasteiger partial charge in [0.2, 0.25) is 0 Å². The molecule has 100 valence electrons. The summed E-state index contributed by atoms with van der Waals surface area (Å²) in [6.07, 6.45) is 5.05. The molecule has 0 saturated carbocycles. The van der Waals surface area contributed by atoms with Gasteiger partial charge in [0.1, 0.15) is 0 Å². The number of allylic oxidation sites excluding steroid dienone is 2. The molecule has 2 aliphatic heterocycles. The predicted octanol–water partition coefficient (Wildman–Crippen LogP) is 2.65. The Balaban J connectivity index is 2.11. The predicted molar refractivity (Wildman–Crippen MR) is 76.0 cm³/mol. The summed E-state index contributed by atoms with van der Waals surface area (Å²) in [6, 6.07) is 0. The zero-order chi connectivity index (χ0) is 13.0. The van der Waals surface area contributed by atoms with E-state index in [1.54, 1.807) is 0 Å². The zero-order valence-corrected chi connectivity index (χ0v) is 11.8. The minimum Gasteiger partial charge on any atom is -0.379 e. The quantitative estimate of drug-likeness (QED) is 0.767. The van der Waals surface area contributed by atoms with Crippen molar-refractivity contribution >= 4 is 6.21 Å². The second kappa shape index (κ2) is 6.30. The Hall–Kier alpha value is -0.930. The van der Waals surface area contributed by atoms with Crippen molar-refractivity contribution in [3.05, 3.63) is 22.9 Å². The van der Waals surface area contributed by atoms with Crippen LogP contribution in [0.5, 0.6) is 0 Å². The number of hydrogen-bond donors (Lipinski definition) is 0. The van der Waals surface area contributed by atoms with Crippen LogP contribution in [0, 0.1) is 5.92 Å². The van der Waals surface area contributed by atoms with Crippen LogP contribution in [-0.4, -0.2) is 44.0 Å². The highest BCUT2D eigenvalue weighted by Gasteiger charge is 2.16. The molecule has 0 radical (unpaired) electrons. The largest absolute Gasteiger partial charge is 0.379 e. The van der Waals surface area contributed by atoms with Crippen LogP contribution in [0.1, 0.15) is 27.2 Å². The van der Waals surface area contributed by atoms with Crippen LogP contribution in [0.2, 0.25) is 0 Å². The van der Waals surface area contributed by atoms with Gasteiger partial charge in [-0.1, -0.05) is 13.8 Å². The molecule has 1 fully saturated rings. The van der Waals surface area contributed by atoms with E-state index in [1.807, 2.05) is 12.4 Å². The lowest BCUT2D eigenvalue weighted by Crippen LogP contribution is -2.37. The van der Waals surface area contributed by atoms with Crippen LogP contribution < -0.4 is 0 Å². The molecule has 0 N–H and O–H groups in total. The van der Waals surface area contributed by atoms with Crippen LogP contribution in [0.25, 0.3) is 0 Å². The van der Waals surface area contributed by atoms with E-state index in [-0.39, 0.29) is 0 Å². The molecule has 2 heterocycles. The van der Waals surface area contributed by atoms with Crippen LogP contribution in [0.15, 0.2) is 27.9 Å². The second-order valence-corrected chi connectivity index (χ2v) is 5.39. The molecule has 0 bridgehead atoms. The molecule has 0 aromatic heterocycles. The minimum atomic E-state index is 0.542. The number of rotatable bonds is 3. The third kappa shape index (κ3) is 3.30. The van der Waals surface area contributed by atoms with Crippen molar-refractivity contribution in [2.24, 2.45) is 10.9 Å². The van der Waals surface area contributed by atoms with E-state index in [1.165, 1.54) is 16.7 Å². The molecular formula is C15H24N2O. The smallest absolute Gasteiger partial charge is 0.0594 e. The fourth-order valence-electron chi connectivity index (χ4n) is 2.54. The lowest BCUT2D eigenvalue weighted by atomic mass is 9.92. The van der Waals surface area contributed by atoms with Crippen molar-refractivity contribution in [3.8, 4) is 0 Å². The number of hydrogen-bond acceptors (Lipinski definition) is 3. The van der Waals surface area contributed by atoms with Gasteiger partial charge in [0.15, 0.2) is 0 Å². The summed E-state index contributed by atoms with van der Waals surface area (Å²) in [7, 11) is 0. The summed E-state index contributed by atoms with van der Waals surface area (Å²) < 4.78 is 5.40. The Labute approximate surface area is 110 Å². The first-order valence-electron chi connectivity index (χ1n) is 6.89. The van der Waals surface area contributed by atoms with E-state index in [2.05, 4.69) is 30.7 Å². The molecule has 18 heavy (non-hydrogen) atoms. The maximum absolute atomic E-state index is 5.40. The Morgan fingerprint density at radius 3 is 2.72 bits per heavy atom. The van der Waals surface area contributed by atoms with Gasteiger partial charge >= 0.3 is 0 Å². The second-order valence-electron chi connectivity index (χ2n) is 5.39. The van der Waals surface area contributed by atoms with E-state index in [0.29, 0.717) is 5.92 Å². The lowest BCUT2D eigenvalue weighted by molar-refractivity contribution is 0.0421. The summed E-state index contributed by atoms with van der Waals surface area (Å²) in [5, 5.41) is 0. The fourth-order valence-corrected chi connectivity index (χ4v) is 2.54. The van der Waals surface area contributed by atoms with Gasteiger partial charge in [0, 0.05) is 38.5 Å². The minimum absolute atomic E-state index is 0.542. The number of aliphatic imine (C=N–C) groups is 1. The monoisotopic (exact) mass is 248 g/mol. The van der Waals surface area contributed by atoms with Crippen LogP contribution in [-0.2, 0) is 4.74 Å². The number of nitrogens with zero attached hydrogens (tertiary/aromatic N) is 2. The van der Waals surface area contributed by atoms with E-state index in [9.17, 15) is 0 Å². The van der Waals surface area contributed by atoms with Crippen LogP contribution >= 0.6 is 0 Å². The molecule has 3 nitrogen and oxygen atoms in total. The van der Waals surface area contributed by atoms with Gasteiger partial charge in [-0.05, 0) is 29.6 Å². The number of ether oxygens (including phenoxy) is 1. The Kier molecular flexibility index (Phi) is 4.72. The standard InChI is InChI=1S/C15H24N2O/c1-12(2)15-10-16-5-4-14(13(15)3)11-17-6-8-18-9-7-17/h5,10,12H,4,6-9,11H2,1-3H3. The maximum atomic E-state index is 5.40.